The number of piperidine rings is 1. The molecule has 11 nitrogen and oxygen atoms in total. The Morgan fingerprint density at radius 1 is 1.05 bits per heavy atom. The number of H-pyrrole nitrogens is 1. The molecule has 2 unspecified atom stereocenters. The number of benzene rings is 2. The highest BCUT2D eigenvalue weighted by Crippen LogP contribution is 2.68. The van der Waals surface area contributed by atoms with Gasteiger partial charge in [-0.2, -0.15) is 0 Å². The number of ketones is 1. The molecule has 10 atom stereocenters. The average Bonchev–Trinajstić information content (AvgIpc) is 3.89. The summed E-state index contributed by atoms with van der Waals surface area (Å²) in [7, 11) is 4.82. The number of esters is 2. The molecule has 1 aromatic heterocycles. The maximum absolute atomic E-state index is 15.4. The molecule has 0 radical (unpaired) electrons. The van der Waals surface area contributed by atoms with Gasteiger partial charge in [0.05, 0.1) is 20.3 Å². The van der Waals surface area contributed by atoms with Gasteiger partial charge in [-0.1, -0.05) is 26.0 Å². The molecule has 5 aliphatic heterocycles. The number of hydrogen-bond donors (Lipinski definition) is 2. The number of alkyl halides is 2. The molecule has 9 rings (SSSR count). The highest BCUT2D eigenvalue weighted by atomic mass is 32.2. The van der Waals surface area contributed by atoms with Crippen LogP contribution in [0.1, 0.15) is 82.7 Å². The predicted molar refractivity (Wildman–Crippen MR) is 234 cm³/mol. The van der Waals surface area contributed by atoms with E-state index < -0.39 is 63.6 Å². The molecule has 2 bridgehead atoms. The van der Waals surface area contributed by atoms with Crippen LogP contribution in [0.2, 0.25) is 0 Å². The van der Waals surface area contributed by atoms with Crippen LogP contribution in [0, 0.1) is 17.3 Å². The van der Waals surface area contributed by atoms with E-state index in [9.17, 15) is 14.7 Å². The summed E-state index contributed by atoms with van der Waals surface area (Å²) < 4.78 is 49.4. The van der Waals surface area contributed by atoms with Gasteiger partial charge in [-0.3, -0.25) is 19.3 Å². The third-order valence-corrected chi connectivity index (χ3v) is 16.9. The van der Waals surface area contributed by atoms with Crippen molar-refractivity contribution in [1.82, 2.24) is 14.8 Å². The number of likely N-dealkylation sites (N-methyl/N-ethyl adjacent to an activating group) is 1. The van der Waals surface area contributed by atoms with Gasteiger partial charge in [0.25, 0.3) is 0 Å². The van der Waals surface area contributed by atoms with E-state index in [-0.39, 0.29) is 31.3 Å². The van der Waals surface area contributed by atoms with Crippen LogP contribution in [0.3, 0.4) is 0 Å². The van der Waals surface area contributed by atoms with E-state index in [1.54, 1.807) is 18.9 Å². The molecular formula is C48H60F2N4O7S. The predicted octanol–water partition coefficient (Wildman–Crippen LogP) is 6.65. The Balaban J connectivity index is 1.36. The van der Waals surface area contributed by atoms with Crippen LogP contribution in [0.4, 0.5) is 14.5 Å². The third-order valence-electron chi connectivity index (χ3n) is 16.0. The number of aromatic nitrogens is 1. The molecule has 3 aromatic rings. The first-order valence-corrected chi connectivity index (χ1v) is 23.2. The van der Waals surface area contributed by atoms with E-state index in [0.29, 0.717) is 62.4 Å². The number of hydrogen-bond acceptors (Lipinski definition) is 11. The minimum absolute atomic E-state index is 0.170. The molecular weight excluding hydrogens is 815 g/mol. The molecule has 6 aliphatic rings. The summed E-state index contributed by atoms with van der Waals surface area (Å²) in [5.74, 6) is -4.49. The van der Waals surface area contributed by atoms with Crippen LogP contribution in [0.5, 0.6) is 5.75 Å². The number of carbonyl (C=O) groups is 3. The maximum atomic E-state index is 15.4. The summed E-state index contributed by atoms with van der Waals surface area (Å²) in [5.41, 5.74) is -0.945. The van der Waals surface area contributed by atoms with Gasteiger partial charge in [0, 0.05) is 102 Å². The van der Waals surface area contributed by atoms with E-state index in [1.165, 1.54) is 21.0 Å². The molecule has 2 N–H and O–H groups in total. The SMILES string of the molecule is CCSc1ccc2[nH]c3c(c2c1)CCN1CC(C(C)(F)F)C[C@@H](C1)C[C@]3(C(=O)OC)c1cc2c(cc1OC)N(C)[C@H]1[C@@](O)(C(C)=O)[C@H](OC(C)=O)[C@]3(CC)C=CCN4CC[C@]21[C@@H]43. The number of fused-ring (bicyclic) bond motifs is 6. The summed E-state index contributed by atoms with van der Waals surface area (Å²) in [6.45, 7) is 10.5. The Bertz CT molecular complexity index is 2370. The van der Waals surface area contributed by atoms with Crippen LogP contribution in [0.25, 0.3) is 10.9 Å². The lowest BCUT2D eigenvalue weighted by atomic mass is 9.47. The minimum Gasteiger partial charge on any atom is -0.496 e. The van der Waals surface area contributed by atoms with Crippen molar-refractivity contribution >= 4 is 46.1 Å². The van der Waals surface area contributed by atoms with Gasteiger partial charge in [-0.15, -0.1) is 11.8 Å². The van der Waals surface area contributed by atoms with Crippen molar-refractivity contribution < 1.29 is 42.5 Å². The van der Waals surface area contributed by atoms with Gasteiger partial charge in [0.1, 0.15) is 11.2 Å². The fourth-order valence-electron chi connectivity index (χ4n) is 13.7. The molecule has 3 fully saturated rings. The topological polar surface area (TPSA) is 125 Å². The zero-order valence-electron chi connectivity index (χ0n) is 37.1. The van der Waals surface area contributed by atoms with Gasteiger partial charge in [-0.05, 0) is 99.6 Å². The maximum Gasteiger partial charge on any atom is 0.322 e. The minimum atomic E-state index is -2.93. The lowest BCUT2D eigenvalue weighted by Crippen LogP contribution is -2.81. The van der Waals surface area contributed by atoms with Crippen molar-refractivity contribution in [1.29, 1.82) is 0 Å². The standard InChI is InChI=1S/C48H60F2N4O7S/c1-9-45-15-11-17-54-19-16-46(40(45)54)34-22-35(38(59-7)23-37(34)52(6)41(46)48(58,27(3)55)42(45)61-28(4)56)47(43(57)60-8)24-29-20-30(44(5,49)50)26-53(25-29)18-14-32-33-21-31(62-10-2)12-13-36(33)51-39(32)47/h11-13,15,21-23,29-30,40-42,51,58H,9-10,14,16-20,24-26H2,1-8H3/t29-,30?,40+,41-,42-,45-,46-,47+,48+/m1/s1. The smallest absolute Gasteiger partial charge is 0.322 e. The van der Waals surface area contributed by atoms with Crippen LogP contribution in [-0.2, 0) is 41.1 Å². The Morgan fingerprint density at radius 2 is 1.82 bits per heavy atom. The van der Waals surface area contributed by atoms with Crippen molar-refractivity contribution in [3.8, 4) is 5.75 Å². The fraction of sp³-hybridized carbons (Fsp3) is 0.604. The number of carbonyl (C=O) groups excluding carboxylic acids is 3. The first-order valence-electron chi connectivity index (χ1n) is 22.2. The first-order chi connectivity index (χ1) is 29.5. The summed E-state index contributed by atoms with van der Waals surface area (Å²) in [4.78, 5) is 54.1. The lowest BCUT2D eigenvalue weighted by molar-refractivity contribution is -0.215. The first kappa shape index (κ1) is 43.3. The van der Waals surface area contributed by atoms with Crippen LogP contribution >= 0.6 is 11.8 Å². The molecule has 2 aromatic carbocycles. The molecule has 0 amide bonds. The van der Waals surface area contributed by atoms with Crippen molar-refractivity contribution in [2.75, 3.05) is 64.6 Å². The summed E-state index contributed by atoms with van der Waals surface area (Å²) in [5, 5.41) is 14.3. The number of methoxy groups -OCH3 is 2. The number of nitrogens with zero attached hydrogens (tertiary/aromatic N) is 3. The Kier molecular flexibility index (Phi) is 10.5. The van der Waals surface area contributed by atoms with E-state index >= 15 is 13.6 Å². The quantitative estimate of drug-likeness (QED) is 0.137. The fourth-order valence-corrected chi connectivity index (χ4v) is 14.4. The second-order valence-electron chi connectivity index (χ2n) is 19.0. The molecule has 1 saturated carbocycles. The number of thioether (sulfide) groups is 1. The number of anilines is 1. The molecule has 2 saturated heterocycles. The number of nitrogens with one attached hydrogen (secondary N) is 1. The molecule has 1 spiro atoms. The van der Waals surface area contributed by atoms with E-state index in [1.807, 2.05) is 24.9 Å². The second kappa shape index (κ2) is 15.1. The summed E-state index contributed by atoms with van der Waals surface area (Å²) in [6, 6.07) is 9.11. The van der Waals surface area contributed by atoms with Crippen molar-refractivity contribution in [3.63, 3.8) is 0 Å². The van der Waals surface area contributed by atoms with Gasteiger partial charge >= 0.3 is 11.9 Å². The van der Waals surface area contributed by atoms with E-state index in [4.69, 9.17) is 14.2 Å². The van der Waals surface area contributed by atoms with Gasteiger partial charge in [0.15, 0.2) is 17.5 Å². The largest absolute Gasteiger partial charge is 0.496 e. The highest BCUT2D eigenvalue weighted by Gasteiger charge is 2.79. The van der Waals surface area contributed by atoms with Crippen molar-refractivity contribution in [3.05, 3.63) is 64.9 Å². The van der Waals surface area contributed by atoms with Crippen LogP contribution < -0.4 is 9.64 Å². The monoisotopic (exact) mass is 874 g/mol. The summed E-state index contributed by atoms with van der Waals surface area (Å²) in [6.07, 6.45) is 4.88. The Labute approximate surface area is 366 Å². The lowest BCUT2D eigenvalue weighted by Gasteiger charge is -2.64. The molecule has 334 valence electrons. The van der Waals surface area contributed by atoms with Crippen molar-refractivity contribution in [2.45, 2.75) is 112 Å². The van der Waals surface area contributed by atoms with Crippen LogP contribution in [-0.4, -0.2) is 127 Å². The number of aromatic amines is 1. The number of rotatable bonds is 9. The molecule has 62 heavy (non-hydrogen) atoms. The Hall–Kier alpha value is -3.98. The molecule has 1 aliphatic carbocycles. The number of halogens is 2. The van der Waals surface area contributed by atoms with Gasteiger partial charge in [-0.25, -0.2) is 8.78 Å². The third kappa shape index (κ3) is 5.87. The number of Topliss-reactive ketones (excluding diaryl/α,β-unsaturated/α-hetero) is 1. The zero-order chi connectivity index (χ0) is 44.3. The summed E-state index contributed by atoms with van der Waals surface area (Å²) >= 11 is 1.73. The van der Waals surface area contributed by atoms with E-state index in [2.05, 4.69) is 58.1 Å². The molecule has 14 heteroatoms. The molecule has 6 heterocycles. The Morgan fingerprint density at radius 3 is 2.48 bits per heavy atom. The second-order valence-corrected chi connectivity index (χ2v) is 20.3. The van der Waals surface area contributed by atoms with Gasteiger partial charge in [0.2, 0.25) is 5.92 Å². The van der Waals surface area contributed by atoms with Crippen LogP contribution in [0.15, 0.2) is 47.4 Å². The van der Waals surface area contributed by atoms with E-state index in [0.717, 1.165) is 45.3 Å². The highest BCUT2D eigenvalue weighted by molar-refractivity contribution is 7.99. The average molecular weight is 875 g/mol. The zero-order valence-corrected chi connectivity index (χ0v) is 37.9. The number of aliphatic hydroxyl groups is 1. The van der Waals surface area contributed by atoms with Gasteiger partial charge < -0.3 is 34.1 Å². The van der Waals surface area contributed by atoms with Crippen molar-refractivity contribution in [2.24, 2.45) is 17.3 Å². The normalized spacial score (nSPS) is 34.9. The number of ether oxygens (including phenoxy) is 3.